The first-order valence-electron chi connectivity index (χ1n) is 11.3. The predicted octanol–water partition coefficient (Wildman–Crippen LogP) is 4.61. The molecular formula is C25H29F3N2O3. The second-order valence-corrected chi connectivity index (χ2v) is 8.64. The number of carbonyl (C=O) groups excluding carboxylic acids is 1. The summed E-state index contributed by atoms with van der Waals surface area (Å²) >= 11 is 0. The molecule has 1 fully saturated rings. The molecule has 0 spiro atoms. The molecular weight excluding hydrogens is 433 g/mol. The summed E-state index contributed by atoms with van der Waals surface area (Å²) in [6.45, 7) is 1.20. The van der Waals surface area contributed by atoms with E-state index in [1.54, 1.807) is 20.3 Å². The fraction of sp³-hybridized carbons (Fsp3) is 0.480. The summed E-state index contributed by atoms with van der Waals surface area (Å²) in [5.41, 5.74) is 1.77. The summed E-state index contributed by atoms with van der Waals surface area (Å²) in [6.07, 6.45) is -0.596. The van der Waals surface area contributed by atoms with Gasteiger partial charge in [0.05, 0.1) is 25.7 Å². The van der Waals surface area contributed by atoms with Crippen LogP contribution in [0.15, 0.2) is 36.4 Å². The second kappa shape index (κ2) is 9.53. The van der Waals surface area contributed by atoms with E-state index in [4.69, 9.17) is 9.47 Å². The van der Waals surface area contributed by atoms with Gasteiger partial charge < -0.3 is 19.7 Å². The zero-order valence-electron chi connectivity index (χ0n) is 18.9. The standard InChI is InChI=1S/C25H29F3N2O3/c1-32-22-9-6-16(13-23(22)33-2)10-11-29-24(31)19-15-17-14-18(25(26,27)28)7-8-20(17)30-12-4-3-5-21(19)30/h6-9,13-14,19,21H,3-5,10-12,15H2,1-2H3,(H,29,31)/t19-,21-/m1/s1. The van der Waals surface area contributed by atoms with Gasteiger partial charge in [-0.25, -0.2) is 0 Å². The number of hydrogen-bond acceptors (Lipinski definition) is 4. The van der Waals surface area contributed by atoms with E-state index in [-0.39, 0.29) is 17.9 Å². The summed E-state index contributed by atoms with van der Waals surface area (Å²) < 4.78 is 50.4. The van der Waals surface area contributed by atoms with Crippen molar-refractivity contribution in [2.45, 2.75) is 44.3 Å². The maximum atomic E-state index is 13.3. The first-order chi connectivity index (χ1) is 15.8. The summed E-state index contributed by atoms with van der Waals surface area (Å²) in [5.74, 6) is 0.799. The number of rotatable bonds is 6. The van der Waals surface area contributed by atoms with Crippen molar-refractivity contribution in [1.29, 1.82) is 0 Å². The predicted molar refractivity (Wildman–Crippen MR) is 120 cm³/mol. The van der Waals surface area contributed by atoms with Crippen molar-refractivity contribution in [2.24, 2.45) is 5.92 Å². The average molecular weight is 463 g/mol. The molecule has 0 radical (unpaired) electrons. The molecule has 2 aliphatic heterocycles. The molecule has 0 bridgehead atoms. The Morgan fingerprint density at radius 2 is 1.88 bits per heavy atom. The summed E-state index contributed by atoms with van der Waals surface area (Å²) in [7, 11) is 3.15. The van der Waals surface area contributed by atoms with Crippen LogP contribution < -0.4 is 19.7 Å². The van der Waals surface area contributed by atoms with Crippen LogP contribution in [-0.4, -0.2) is 39.3 Å². The SMILES string of the molecule is COc1ccc(CCNC(=O)[C@@H]2Cc3cc(C(F)(F)F)ccc3N3CCCC[C@H]23)cc1OC. The minimum Gasteiger partial charge on any atom is -0.493 e. The Morgan fingerprint density at radius 3 is 2.61 bits per heavy atom. The van der Waals surface area contributed by atoms with E-state index in [1.807, 2.05) is 18.2 Å². The lowest BCUT2D eigenvalue weighted by atomic mass is 9.80. The van der Waals surface area contributed by atoms with Crippen LogP contribution in [0.25, 0.3) is 0 Å². The number of methoxy groups -OCH3 is 2. The number of fused-ring (bicyclic) bond motifs is 3. The van der Waals surface area contributed by atoms with Crippen LogP contribution in [0.1, 0.15) is 36.0 Å². The first-order valence-corrected chi connectivity index (χ1v) is 11.3. The zero-order valence-corrected chi connectivity index (χ0v) is 18.9. The molecule has 0 unspecified atom stereocenters. The molecule has 5 nitrogen and oxygen atoms in total. The Kier molecular flexibility index (Phi) is 6.72. The van der Waals surface area contributed by atoms with E-state index in [0.717, 1.165) is 43.1 Å². The molecule has 0 saturated carbocycles. The van der Waals surface area contributed by atoms with E-state index in [1.165, 1.54) is 6.07 Å². The number of alkyl halides is 3. The smallest absolute Gasteiger partial charge is 0.416 e. The van der Waals surface area contributed by atoms with Gasteiger partial charge in [-0.2, -0.15) is 13.2 Å². The molecule has 1 N–H and O–H groups in total. The Labute approximate surface area is 191 Å². The highest BCUT2D eigenvalue weighted by Gasteiger charge is 2.40. The Bertz CT molecular complexity index is 1010. The third-order valence-corrected chi connectivity index (χ3v) is 6.67. The van der Waals surface area contributed by atoms with Crippen LogP contribution in [0.5, 0.6) is 11.5 Å². The molecule has 2 heterocycles. The minimum atomic E-state index is -4.40. The molecule has 1 saturated heterocycles. The van der Waals surface area contributed by atoms with Crippen LogP contribution in [0.4, 0.5) is 18.9 Å². The van der Waals surface area contributed by atoms with Crippen LogP contribution >= 0.6 is 0 Å². The molecule has 0 aliphatic carbocycles. The number of hydrogen-bond donors (Lipinski definition) is 1. The fourth-order valence-corrected chi connectivity index (χ4v) is 5.02. The molecule has 2 aromatic rings. The first kappa shape index (κ1) is 23.3. The summed E-state index contributed by atoms with van der Waals surface area (Å²) in [5, 5.41) is 3.02. The van der Waals surface area contributed by atoms with Crippen LogP contribution in [0.2, 0.25) is 0 Å². The van der Waals surface area contributed by atoms with Gasteiger partial charge in [0.1, 0.15) is 0 Å². The third kappa shape index (κ3) is 4.89. The van der Waals surface area contributed by atoms with Crippen molar-refractivity contribution in [2.75, 3.05) is 32.2 Å². The highest BCUT2D eigenvalue weighted by Crippen LogP contribution is 2.41. The molecule has 178 valence electrons. The van der Waals surface area contributed by atoms with Gasteiger partial charge in [-0.05, 0) is 73.6 Å². The van der Waals surface area contributed by atoms with Crippen LogP contribution in [0.3, 0.4) is 0 Å². The Morgan fingerprint density at radius 1 is 1.09 bits per heavy atom. The van der Waals surface area contributed by atoms with Crippen LogP contribution in [0, 0.1) is 5.92 Å². The number of benzene rings is 2. The molecule has 4 rings (SSSR count). The maximum Gasteiger partial charge on any atom is 0.416 e. The number of nitrogens with zero attached hydrogens (tertiary/aromatic N) is 1. The fourth-order valence-electron chi connectivity index (χ4n) is 5.02. The summed E-state index contributed by atoms with van der Waals surface area (Å²) in [4.78, 5) is 15.3. The highest BCUT2D eigenvalue weighted by molar-refractivity contribution is 5.82. The molecule has 2 aromatic carbocycles. The number of ether oxygens (including phenoxy) is 2. The number of piperidine rings is 1. The van der Waals surface area contributed by atoms with E-state index < -0.39 is 11.7 Å². The number of anilines is 1. The van der Waals surface area contributed by atoms with E-state index >= 15 is 0 Å². The van der Waals surface area contributed by atoms with Crippen molar-refractivity contribution < 1.29 is 27.4 Å². The monoisotopic (exact) mass is 462 g/mol. The molecule has 33 heavy (non-hydrogen) atoms. The van der Waals surface area contributed by atoms with E-state index in [2.05, 4.69) is 10.2 Å². The largest absolute Gasteiger partial charge is 0.493 e. The van der Waals surface area contributed by atoms with Crippen molar-refractivity contribution in [3.05, 3.63) is 53.1 Å². The van der Waals surface area contributed by atoms with Crippen molar-refractivity contribution in [1.82, 2.24) is 5.32 Å². The zero-order chi connectivity index (χ0) is 23.6. The Balaban J connectivity index is 1.47. The van der Waals surface area contributed by atoms with Gasteiger partial charge in [0, 0.05) is 24.8 Å². The Hall–Kier alpha value is -2.90. The van der Waals surface area contributed by atoms with Gasteiger partial charge in [0.25, 0.3) is 0 Å². The van der Waals surface area contributed by atoms with Gasteiger partial charge in [0.15, 0.2) is 11.5 Å². The number of carbonyl (C=O) groups is 1. The number of halogens is 3. The highest BCUT2D eigenvalue weighted by atomic mass is 19.4. The van der Waals surface area contributed by atoms with Crippen molar-refractivity contribution >= 4 is 11.6 Å². The quantitative estimate of drug-likeness (QED) is 0.681. The van der Waals surface area contributed by atoms with Gasteiger partial charge in [0.2, 0.25) is 5.91 Å². The lowest BCUT2D eigenvalue weighted by Gasteiger charge is -2.46. The summed E-state index contributed by atoms with van der Waals surface area (Å²) in [6, 6.07) is 9.57. The van der Waals surface area contributed by atoms with Crippen LogP contribution in [-0.2, 0) is 23.8 Å². The van der Waals surface area contributed by atoms with Crippen molar-refractivity contribution in [3.63, 3.8) is 0 Å². The van der Waals surface area contributed by atoms with E-state index in [0.29, 0.717) is 36.4 Å². The van der Waals surface area contributed by atoms with Gasteiger partial charge in [-0.15, -0.1) is 0 Å². The lowest BCUT2D eigenvalue weighted by Crippen LogP contribution is -2.53. The average Bonchev–Trinajstić information content (AvgIpc) is 2.82. The molecule has 0 aromatic heterocycles. The minimum absolute atomic E-state index is 0.0177. The van der Waals surface area contributed by atoms with Crippen molar-refractivity contribution in [3.8, 4) is 11.5 Å². The normalized spacial score (nSPS) is 20.0. The lowest BCUT2D eigenvalue weighted by molar-refractivity contribution is -0.137. The van der Waals surface area contributed by atoms with E-state index in [9.17, 15) is 18.0 Å². The van der Waals surface area contributed by atoms with Gasteiger partial charge in [-0.3, -0.25) is 4.79 Å². The topological polar surface area (TPSA) is 50.8 Å². The maximum absolute atomic E-state index is 13.3. The van der Waals surface area contributed by atoms with Gasteiger partial charge in [-0.1, -0.05) is 6.07 Å². The molecule has 8 heteroatoms. The third-order valence-electron chi connectivity index (χ3n) is 6.67. The van der Waals surface area contributed by atoms with Gasteiger partial charge >= 0.3 is 6.18 Å². The second-order valence-electron chi connectivity index (χ2n) is 8.64. The molecule has 2 aliphatic rings. The molecule has 2 atom stereocenters. The number of nitrogens with one attached hydrogen (secondary N) is 1. The number of amides is 1. The molecule has 1 amide bonds.